The maximum atomic E-state index is 14.2. The van der Waals surface area contributed by atoms with E-state index in [9.17, 15) is 9.59 Å². The van der Waals surface area contributed by atoms with Crippen LogP contribution in [-0.4, -0.2) is 59.8 Å². The Labute approximate surface area is 220 Å². The third-order valence-electron chi connectivity index (χ3n) is 6.54. The Morgan fingerprint density at radius 3 is 2.66 bits per heavy atom. The Morgan fingerprint density at radius 2 is 1.94 bits per heavy atom. The highest BCUT2D eigenvalue weighted by Crippen LogP contribution is 2.35. The van der Waals surface area contributed by atoms with Crippen molar-refractivity contribution in [3.8, 4) is 0 Å². The second-order valence-electron chi connectivity index (χ2n) is 9.42. The molecule has 1 aliphatic heterocycles. The van der Waals surface area contributed by atoms with E-state index in [0.717, 1.165) is 40.7 Å². The number of para-hydroxylation sites is 1. The van der Waals surface area contributed by atoms with E-state index in [4.69, 9.17) is 34.8 Å². The lowest BCUT2D eigenvalue weighted by Gasteiger charge is -2.38. The number of halogens is 3. The zero-order chi connectivity index (χ0) is 25.3. The van der Waals surface area contributed by atoms with Crippen molar-refractivity contribution in [1.29, 1.82) is 0 Å². The van der Waals surface area contributed by atoms with Crippen molar-refractivity contribution in [3.05, 3.63) is 64.8 Å². The number of nitrogens with one attached hydrogen (secondary N) is 2. The van der Waals surface area contributed by atoms with Crippen molar-refractivity contribution in [3.63, 3.8) is 0 Å². The number of hydrogen-bond donors (Lipinski definition) is 2. The highest BCUT2D eigenvalue weighted by atomic mass is 35.5. The predicted molar refractivity (Wildman–Crippen MR) is 144 cm³/mol. The van der Waals surface area contributed by atoms with E-state index in [0.29, 0.717) is 11.6 Å². The summed E-state index contributed by atoms with van der Waals surface area (Å²) < 4.78 is 0. The van der Waals surface area contributed by atoms with Crippen molar-refractivity contribution >= 4 is 63.2 Å². The van der Waals surface area contributed by atoms with Gasteiger partial charge in [0.1, 0.15) is 6.04 Å². The van der Waals surface area contributed by atoms with Gasteiger partial charge in [-0.05, 0) is 61.8 Å². The second-order valence-corrected chi connectivity index (χ2v) is 11.0. The standard InChI is InChI=1S/C26H29Cl3N4O2/c1-15(20-12-30-21-7-5-4-6-19(20)21)23(31-25(34)24(28)29)26(35)33-14-16(13-32(2)3)10-17-11-18(27)8-9-22(17)33/h4-9,11-12,15-16,23-24,30H,10,13-14H2,1-3H3,(H,31,34)/t15?,16-,23?/m1/s1. The van der Waals surface area contributed by atoms with Gasteiger partial charge in [0.05, 0.1) is 0 Å². The Balaban J connectivity index is 1.74. The van der Waals surface area contributed by atoms with Gasteiger partial charge in [0, 0.05) is 46.8 Å². The van der Waals surface area contributed by atoms with Crippen LogP contribution in [-0.2, 0) is 16.0 Å². The zero-order valence-electron chi connectivity index (χ0n) is 19.9. The van der Waals surface area contributed by atoms with E-state index in [1.165, 1.54) is 0 Å². The molecule has 4 rings (SSSR count). The van der Waals surface area contributed by atoms with Crippen LogP contribution in [0.15, 0.2) is 48.7 Å². The van der Waals surface area contributed by atoms with Gasteiger partial charge < -0.3 is 20.1 Å². The molecule has 2 unspecified atom stereocenters. The number of carbonyl (C=O) groups excluding carboxylic acids is 2. The maximum absolute atomic E-state index is 14.2. The number of rotatable bonds is 7. The molecule has 2 heterocycles. The molecule has 1 aliphatic rings. The third kappa shape index (κ3) is 5.61. The fourth-order valence-corrected chi connectivity index (χ4v) is 5.32. The van der Waals surface area contributed by atoms with Gasteiger partial charge >= 0.3 is 0 Å². The van der Waals surface area contributed by atoms with Crippen LogP contribution in [0.1, 0.15) is 24.0 Å². The normalized spacial score (nSPS) is 17.5. The van der Waals surface area contributed by atoms with Crippen molar-refractivity contribution in [2.75, 3.05) is 32.1 Å². The molecule has 9 heteroatoms. The molecule has 3 aromatic rings. The first kappa shape index (κ1) is 25.8. The summed E-state index contributed by atoms with van der Waals surface area (Å²) in [5.41, 5.74) is 3.72. The van der Waals surface area contributed by atoms with Crippen LogP contribution in [0.2, 0.25) is 5.02 Å². The van der Waals surface area contributed by atoms with Crippen LogP contribution in [0.4, 0.5) is 5.69 Å². The minimum atomic E-state index is -1.28. The van der Waals surface area contributed by atoms with Crippen LogP contribution < -0.4 is 10.2 Å². The summed E-state index contributed by atoms with van der Waals surface area (Å²) in [7, 11) is 4.03. The molecule has 0 aliphatic carbocycles. The minimum Gasteiger partial charge on any atom is -0.361 e. The van der Waals surface area contributed by atoms with E-state index >= 15 is 0 Å². The van der Waals surface area contributed by atoms with Gasteiger partial charge in [-0.15, -0.1) is 0 Å². The number of fused-ring (bicyclic) bond motifs is 2. The van der Waals surface area contributed by atoms with Gasteiger partial charge in [-0.3, -0.25) is 9.59 Å². The lowest BCUT2D eigenvalue weighted by molar-refractivity contribution is -0.127. The lowest BCUT2D eigenvalue weighted by atomic mass is 9.88. The Morgan fingerprint density at radius 1 is 1.20 bits per heavy atom. The van der Waals surface area contributed by atoms with Crippen LogP contribution in [0.5, 0.6) is 0 Å². The number of H-pyrrole nitrogens is 1. The molecular weight excluding hydrogens is 507 g/mol. The summed E-state index contributed by atoms with van der Waals surface area (Å²) in [6.07, 6.45) is 2.71. The molecule has 2 N–H and O–H groups in total. The molecule has 6 nitrogen and oxygen atoms in total. The summed E-state index contributed by atoms with van der Waals surface area (Å²) in [5, 5.41) is 4.45. The van der Waals surface area contributed by atoms with Gasteiger partial charge in [0.15, 0.2) is 4.84 Å². The number of alkyl halides is 2. The first-order valence-corrected chi connectivity index (χ1v) is 12.8. The maximum Gasteiger partial charge on any atom is 0.253 e. The molecule has 1 aromatic heterocycles. The fourth-order valence-electron chi connectivity index (χ4n) is 5.00. The number of aromatic nitrogens is 1. The number of carbonyl (C=O) groups is 2. The van der Waals surface area contributed by atoms with E-state index in [-0.39, 0.29) is 17.7 Å². The van der Waals surface area contributed by atoms with Crippen LogP contribution in [0.25, 0.3) is 10.9 Å². The predicted octanol–water partition coefficient (Wildman–Crippen LogP) is 4.98. The largest absolute Gasteiger partial charge is 0.361 e. The van der Waals surface area contributed by atoms with E-state index < -0.39 is 16.8 Å². The van der Waals surface area contributed by atoms with Gasteiger partial charge in [-0.1, -0.05) is 59.9 Å². The SMILES string of the molecule is CC(c1c[nH]c2ccccc12)C(NC(=O)C(Cl)Cl)C(=O)N1C[C@@H](CN(C)C)Cc2cc(Cl)ccc21. The molecule has 35 heavy (non-hydrogen) atoms. The summed E-state index contributed by atoms with van der Waals surface area (Å²) in [6, 6.07) is 12.6. The van der Waals surface area contributed by atoms with Gasteiger partial charge in [0.25, 0.3) is 5.91 Å². The molecule has 186 valence electrons. The fraction of sp³-hybridized carbons (Fsp3) is 0.385. The highest BCUT2D eigenvalue weighted by Gasteiger charge is 2.37. The second kappa shape index (κ2) is 10.8. The lowest BCUT2D eigenvalue weighted by Crippen LogP contribution is -2.55. The van der Waals surface area contributed by atoms with Crippen LogP contribution in [0.3, 0.4) is 0 Å². The summed E-state index contributed by atoms with van der Waals surface area (Å²) in [4.78, 5) is 32.6. The Hall–Kier alpha value is -2.25. The van der Waals surface area contributed by atoms with Gasteiger partial charge in [0.2, 0.25) is 5.91 Å². The molecule has 0 spiro atoms. The molecule has 2 amide bonds. The van der Waals surface area contributed by atoms with Crippen molar-refractivity contribution in [2.24, 2.45) is 5.92 Å². The first-order valence-electron chi connectivity index (χ1n) is 11.5. The Bertz CT molecular complexity index is 1230. The summed E-state index contributed by atoms with van der Waals surface area (Å²) >= 11 is 18.0. The molecule has 0 fully saturated rings. The number of nitrogens with zero attached hydrogens (tertiary/aromatic N) is 2. The smallest absolute Gasteiger partial charge is 0.253 e. The monoisotopic (exact) mass is 534 g/mol. The van der Waals surface area contributed by atoms with E-state index in [1.807, 2.05) is 63.6 Å². The van der Waals surface area contributed by atoms with E-state index in [2.05, 4.69) is 15.2 Å². The third-order valence-corrected chi connectivity index (χ3v) is 7.18. The number of aromatic amines is 1. The van der Waals surface area contributed by atoms with Crippen molar-refractivity contribution in [2.45, 2.75) is 30.1 Å². The molecular formula is C26H29Cl3N4O2. The molecule has 0 saturated heterocycles. The average Bonchev–Trinajstić information content (AvgIpc) is 3.24. The summed E-state index contributed by atoms with van der Waals surface area (Å²) in [5.74, 6) is -0.943. The number of amides is 2. The minimum absolute atomic E-state index is 0.211. The molecule has 0 saturated carbocycles. The van der Waals surface area contributed by atoms with Gasteiger partial charge in [-0.2, -0.15) is 0 Å². The molecule has 3 atom stereocenters. The molecule has 0 bridgehead atoms. The quantitative estimate of drug-likeness (QED) is 0.419. The highest BCUT2D eigenvalue weighted by molar-refractivity contribution is 6.53. The van der Waals surface area contributed by atoms with Crippen LogP contribution >= 0.6 is 34.8 Å². The van der Waals surface area contributed by atoms with Gasteiger partial charge in [-0.25, -0.2) is 0 Å². The van der Waals surface area contributed by atoms with Crippen LogP contribution in [0, 0.1) is 5.92 Å². The number of anilines is 1. The summed E-state index contributed by atoms with van der Waals surface area (Å²) in [6.45, 7) is 3.28. The number of hydrogen-bond acceptors (Lipinski definition) is 3. The zero-order valence-corrected chi connectivity index (χ0v) is 22.2. The van der Waals surface area contributed by atoms with Crippen molar-refractivity contribution < 1.29 is 9.59 Å². The topological polar surface area (TPSA) is 68.4 Å². The van der Waals surface area contributed by atoms with Crippen molar-refractivity contribution in [1.82, 2.24) is 15.2 Å². The number of benzene rings is 2. The molecule has 2 aromatic carbocycles. The molecule has 0 radical (unpaired) electrons. The Kier molecular flexibility index (Phi) is 7.96. The average molecular weight is 536 g/mol. The van der Waals surface area contributed by atoms with E-state index in [1.54, 1.807) is 11.0 Å². The first-order chi connectivity index (χ1) is 16.7.